The standard InChI is InChI=1S/C23H17ClN4O7S/c1-3-35-23(31)19-15-11-36-21(25-20(29)12-7-8-16(24)17(9-12)28(32)33)18(15)22(30)27(26-19)13-5-4-6-14(10-13)34-2/h4-11H,3H2,1-2H3,(H,25,29). The summed E-state index contributed by atoms with van der Waals surface area (Å²) in [5.74, 6) is -0.995. The number of halogens is 1. The van der Waals surface area contributed by atoms with Crippen molar-refractivity contribution in [3.8, 4) is 11.4 Å². The van der Waals surface area contributed by atoms with Gasteiger partial charge in [0.05, 0.1) is 29.7 Å². The van der Waals surface area contributed by atoms with E-state index in [9.17, 15) is 24.5 Å². The summed E-state index contributed by atoms with van der Waals surface area (Å²) < 4.78 is 11.4. The number of nitrogens with zero attached hydrogens (tertiary/aromatic N) is 3. The lowest BCUT2D eigenvalue weighted by Crippen LogP contribution is -2.25. The predicted molar refractivity (Wildman–Crippen MR) is 134 cm³/mol. The van der Waals surface area contributed by atoms with Crippen molar-refractivity contribution in [2.45, 2.75) is 6.92 Å². The van der Waals surface area contributed by atoms with Gasteiger partial charge in [0.15, 0.2) is 5.69 Å². The van der Waals surface area contributed by atoms with Crippen LogP contribution in [0.1, 0.15) is 27.8 Å². The molecule has 2 aromatic heterocycles. The van der Waals surface area contributed by atoms with E-state index in [-0.39, 0.29) is 38.7 Å². The number of nitro groups is 1. The molecule has 0 aliphatic rings. The second-order valence-corrected chi connectivity index (χ2v) is 8.51. The van der Waals surface area contributed by atoms with Gasteiger partial charge in [-0.05, 0) is 31.2 Å². The maximum absolute atomic E-state index is 13.5. The number of amides is 1. The Balaban J connectivity index is 1.86. The summed E-state index contributed by atoms with van der Waals surface area (Å²) in [4.78, 5) is 49.6. The van der Waals surface area contributed by atoms with Crippen LogP contribution in [0.4, 0.5) is 10.7 Å². The van der Waals surface area contributed by atoms with Gasteiger partial charge in [-0.25, -0.2) is 4.79 Å². The third kappa shape index (κ3) is 4.63. The van der Waals surface area contributed by atoms with Crippen LogP contribution in [0.15, 0.2) is 52.6 Å². The Morgan fingerprint density at radius 1 is 1.25 bits per heavy atom. The highest BCUT2D eigenvalue weighted by Gasteiger charge is 2.24. The van der Waals surface area contributed by atoms with E-state index >= 15 is 0 Å². The Morgan fingerprint density at radius 2 is 2.03 bits per heavy atom. The zero-order chi connectivity index (χ0) is 26.0. The Hall–Kier alpha value is -4.29. The normalized spacial score (nSPS) is 10.8. The fraction of sp³-hybridized carbons (Fsp3) is 0.130. The quantitative estimate of drug-likeness (QED) is 0.210. The number of fused-ring (bicyclic) bond motifs is 1. The van der Waals surface area contributed by atoms with Crippen molar-refractivity contribution in [3.63, 3.8) is 0 Å². The molecule has 0 atom stereocenters. The zero-order valence-corrected chi connectivity index (χ0v) is 20.4. The van der Waals surface area contributed by atoms with Gasteiger partial charge in [-0.3, -0.25) is 19.7 Å². The molecule has 4 aromatic rings. The second kappa shape index (κ2) is 10.1. The topological polar surface area (TPSA) is 143 Å². The van der Waals surface area contributed by atoms with Crippen molar-refractivity contribution in [2.75, 3.05) is 19.0 Å². The number of benzene rings is 2. The van der Waals surface area contributed by atoms with Gasteiger partial charge in [0, 0.05) is 28.5 Å². The fourth-order valence-corrected chi connectivity index (χ4v) is 4.50. The largest absolute Gasteiger partial charge is 0.497 e. The molecule has 0 spiro atoms. The van der Waals surface area contributed by atoms with Crippen LogP contribution in [-0.4, -0.2) is 40.3 Å². The number of carbonyl (C=O) groups is 2. The number of aromatic nitrogens is 2. The van der Waals surface area contributed by atoms with Gasteiger partial charge in [0.25, 0.3) is 17.2 Å². The first-order valence-electron chi connectivity index (χ1n) is 10.4. The lowest BCUT2D eigenvalue weighted by molar-refractivity contribution is -0.384. The lowest BCUT2D eigenvalue weighted by Gasteiger charge is -2.11. The summed E-state index contributed by atoms with van der Waals surface area (Å²) >= 11 is 6.83. The minimum Gasteiger partial charge on any atom is -0.497 e. The molecule has 0 saturated heterocycles. The summed E-state index contributed by atoms with van der Waals surface area (Å²) in [5, 5.41) is 19.8. The van der Waals surface area contributed by atoms with E-state index in [2.05, 4.69) is 10.4 Å². The van der Waals surface area contributed by atoms with Gasteiger partial charge in [0.1, 0.15) is 15.8 Å². The van der Waals surface area contributed by atoms with Gasteiger partial charge in [-0.1, -0.05) is 17.7 Å². The van der Waals surface area contributed by atoms with Crippen LogP contribution in [0.25, 0.3) is 16.5 Å². The maximum atomic E-state index is 13.5. The van der Waals surface area contributed by atoms with Crippen molar-refractivity contribution >= 4 is 56.3 Å². The molecule has 184 valence electrons. The van der Waals surface area contributed by atoms with Gasteiger partial charge >= 0.3 is 5.97 Å². The number of rotatable bonds is 7. The number of hydrogen-bond donors (Lipinski definition) is 1. The molecule has 0 aliphatic heterocycles. The van der Waals surface area contributed by atoms with Crippen LogP contribution in [0.2, 0.25) is 5.02 Å². The minimum absolute atomic E-state index is 0.0256. The molecule has 0 unspecified atom stereocenters. The summed E-state index contributed by atoms with van der Waals surface area (Å²) in [6.45, 7) is 1.72. The highest BCUT2D eigenvalue weighted by Crippen LogP contribution is 2.32. The van der Waals surface area contributed by atoms with Crippen LogP contribution in [0.3, 0.4) is 0 Å². The van der Waals surface area contributed by atoms with E-state index in [1.54, 1.807) is 31.2 Å². The molecule has 1 N–H and O–H groups in total. The van der Waals surface area contributed by atoms with Crippen LogP contribution in [0.5, 0.6) is 5.75 Å². The monoisotopic (exact) mass is 528 g/mol. The zero-order valence-electron chi connectivity index (χ0n) is 18.8. The summed E-state index contributed by atoms with van der Waals surface area (Å²) in [5.41, 5.74) is -0.878. The third-order valence-corrected chi connectivity index (χ3v) is 6.27. The number of nitro benzene ring substituents is 1. The molecular weight excluding hydrogens is 512 g/mol. The average molecular weight is 529 g/mol. The smallest absolute Gasteiger partial charge is 0.359 e. The Morgan fingerprint density at radius 3 is 2.72 bits per heavy atom. The molecule has 0 fully saturated rings. The van der Waals surface area contributed by atoms with Crippen molar-refractivity contribution in [1.29, 1.82) is 0 Å². The molecule has 1 amide bonds. The van der Waals surface area contributed by atoms with Crippen molar-refractivity contribution in [3.05, 3.63) is 84.6 Å². The average Bonchev–Trinajstić information content (AvgIpc) is 3.28. The number of nitrogens with one attached hydrogen (secondary N) is 1. The predicted octanol–water partition coefficient (Wildman–Crippen LogP) is 4.45. The first-order valence-corrected chi connectivity index (χ1v) is 11.6. The number of thiophene rings is 1. The van der Waals surface area contributed by atoms with E-state index < -0.39 is 28.0 Å². The SMILES string of the molecule is CCOC(=O)c1nn(-c2cccc(OC)c2)c(=O)c2c(NC(=O)c3ccc(Cl)c([N+](=O)[O-])c3)scc12. The summed E-state index contributed by atoms with van der Waals surface area (Å²) in [6, 6.07) is 10.1. The minimum atomic E-state index is -0.747. The molecule has 36 heavy (non-hydrogen) atoms. The number of anilines is 1. The van der Waals surface area contributed by atoms with Crippen molar-refractivity contribution < 1.29 is 24.0 Å². The highest BCUT2D eigenvalue weighted by atomic mass is 35.5. The molecular formula is C23H17ClN4O7S. The van der Waals surface area contributed by atoms with Crippen molar-refractivity contribution in [2.24, 2.45) is 0 Å². The van der Waals surface area contributed by atoms with E-state index in [0.29, 0.717) is 11.4 Å². The first kappa shape index (κ1) is 24.8. The van der Waals surface area contributed by atoms with Crippen LogP contribution >= 0.6 is 22.9 Å². The molecule has 0 aliphatic carbocycles. The fourth-order valence-electron chi connectivity index (χ4n) is 3.38. The second-order valence-electron chi connectivity index (χ2n) is 7.22. The summed E-state index contributed by atoms with van der Waals surface area (Å²) in [7, 11) is 1.47. The van der Waals surface area contributed by atoms with E-state index in [0.717, 1.165) is 22.1 Å². The van der Waals surface area contributed by atoms with Gasteiger partial charge in [0.2, 0.25) is 0 Å². The molecule has 2 heterocycles. The molecule has 0 radical (unpaired) electrons. The number of esters is 1. The van der Waals surface area contributed by atoms with E-state index in [4.69, 9.17) is 21.1 Å². The third-order valence-electron chi connectivity index (χ3n) is 5.05. The lowest BCUT2D eigenvalue weighted by atomic mass is 10.2. The Labute approximate surface area is 212 Å². The maximum Gasteiger partial charge on any atom is 0.359 e. The molecule has 0 saturated carbocycles. The molecule has 13 heteroatoms. The molecule has 0 bridgehead atoms. The summed E-state index contributed by atoms with van der Waals surface area (Å²) in [6.07, 6.45) is 0. The van der Waals surface area contributed by atoms with E-state index in [1.807, 2.05) is 0 Å². The number of hydrogen-bond acceptors (Lipinski definition) is 9. The van der Waals surface area contributed by atoms with Gasteiger partial charge in [-0.2, -0.15) is 9.78 Å². The first-order chi connectivity index (χ1) is 17.2. The number of methoxy groups -OCH3 is 1. The Kier molecular flexibility index (Phi) is 6.99. The van der Waals surface area contributed by atoms with Crippen LogP contribution < -0.4 is 15.6 Å². The molecule has 4 rings (SSSR count). The molecule has 2 aromatic carbocycles. The van der Waals surface area contributed by atoms with Crippen molar-refractivity contribution in [1.82, 2.24) is 9.78 Å². The highest BCUT2D eigenvalue weighted by molar-refractivity contribution is 7.16. The van der Waals surface area contributed by atoms with E-state index in [1.165, 1.54) is 24.6 Å². The van der Waals surface area contributed by atoms with Crippen LogP contribution in [-0.2, 0) is 4.74 Å². The number of ether oxygens (including phenoxy) is 2. The van der Waals surface area contributed by atoms with Crippen LogP contribution in [0, 0.1) is 10.1 Å². The molecule has 11 nitrogen and oxygen atoms in total. The Bertz CT molecular complexity index is 1580. The number of carbonyl (C=O) groups excluding carboxylic acids is 2. The van der Waals surface area contributed by atoms with Gasteiger partial charge < -0.3 is 14.8 Å². The van der Waals surface area contributed by atoms with Gasteiger partial charge in [-0.15, -0.1) is 11.3 Å².